The smallest absolute Gasteiger partial charge is 0.266 e. The summed E-state index contributed by atoms with van der Waals surface area (Å²) in [6.45, 7) is 2.04. The molecule has 5 aromatic rings. The largest absolute Gasteiger partial charge is 0.320 e. The van der Waals surface area contributed by atoms with E-state index >= 15 is 0 Å². The summed E-state index contributed by atoms with van der Waals surface area (Å²) in [4.78, 5) is 15.7. The molecule has 0 aliphatic heterocycles. The molecule has 0 saturated heterocycles. The fourth-order valence-corrected chi connectivity index (χ4v) is 4.63. The van der Waals surface area contributed by atoms with E-state index in [-0.39, 0.29) is 5.56 Å². The molecule has 2 nitrogen and oxygen atoms in total. The van der Waals surface area contributed by atoms with E-state index in [0.29, 0.717) is 0 Å². The molecule has 0 amide bonds. The Kier molecular flexibility index (Phi) is 2.48. The van der Waals surface area contributed by atoms with Crippen molar-refractivity contribution in [1.29, 1.82) is 0 Å². The van der Waals surface area contributed by atoms with Crippen LogP contribution in [0.2, 0.25) is 0 Å². The summed E-state index contributed by atoms with van der Waals surface area (Å²) >= 11 is 1.58. The normalized spacial score (nSPS) is 11.9. The molecule has 3 aromatic carbocycles. The molecule has 0 saturated carbocycles. The number of pyridine rings is 1. The number of hydrogen-bond acceptors (Lipinski definition) is 2. The van der Waals surface area contributed by atoms with E-state index in [9.17, 15) is 4.79 Å². The van der Waals surface area contributed by atoms with Crippen molar-refractivity contribution in [2.24, 2.45) is 0 Å². The number of thiophene rings is 1. The van der Waals surface area contributed by atoms with Crippen molar-refractivity contribution in [3.8, 4) is 0 Å². The molecule has 2 heterocycles. The number of aryl methyl sites for hydroxylation is 1. The van der Waals surface area contributed by atoms with E-state index < -0.39 is 0 Å². The molecule has 0 radical (unpaired) electrons. The van der Waals surface area contributed by atoms with Gasteiger partial charge in [0.1, 0.15) is 4.70 Å². The summed E-state index contributed by atoms with van der Waals surface area (Å²) in [5, 5.41) is 5.83. The predicted molar refractivity (Wildman–Crippen MR) is 99.7 cm³/mol. The molecule has 0 spiro atoms. The third-order valence-corrected chi connectivity index (χ3v) is 5.72. The van der Waals surface area contributed by atoms with Crippen LogP contribution < -0.4 is 5.56 Å². The molecule has 2 aromatic heterocycles. The fraction of sp³-hybridized carbons (Fsp3) is 0.0500. The van der Waals surface area contributed by atoms with Gasteiger partial charge in [-0.15, -0.1) is 11.3 Å². The summed E-state index contributed by atoms with van der Waals surface area (Å²) in [5.74, 6) is 0. The van der Waals surface area contributed by atoms with Crippen LogP contribution in [0.5, 0.6) is 0 Å². The second-order valence-electron chi connectivity index (χ2n) is 5.92. The third-order valence-electron chi connectivity index (χ3n) is 4.57. The van der Waals surface area contributed by atoms with E-state index in [1.54, 1.807) is 11.3 Å². The lowest BCUT2D eigenvalue weighted by Gasteiger charge is -2.05. The van der Waals surface area contributed by atoms with Gasteiger partial charge in [-0.25, -0.2) is 0 Å². The first-order valence-electron chi connectivity index (χ1n) is 7.59. The lowest BCUT2D eigenvalue weighted by molar-refractivity contribution is 1.32. The van der Waals surface area contributed by atoms with Crippen molar-refractivity contribution in [3.05, 3.63) is 70.5 Å². The van der Waals surface area contributed by atoms with Gasteiger partial charge in [0.15, 0.2) is 0 Å². The average molecular weight is 315 g/mol. The van der Waals surface area contributed by atoms with Gasteiger partial charge in [-0.05, 0) is 29.3 Å². The van der Waals surface area contributed by atoms with Crippen LogP contribution in [0.4, 0.5) is 0 Å². The van der Waals surface area contributed by atoms with Gasteiger partial charge in [-0.1, -0.05) is 48.5 Å². The van der Waals surface area contributed by atoms with Crippen LogP contribution >= 0.6 is 11.3 Å². The lowest BCUT2D eigenvalue weighted by Crippen LogP contribution is -2.04. The SMILES string of the molecule is Cc1cccc2c1[nH]c(=O)c1sc3ccc4ccccc4c3c12. The molecule has 0 aliphatic rings. The zero-order valence-corrected chi connectivity index (χ0v) is 13.3. The molecular weight excluding hydrogens is 302 g/mol. The lowest BCUT2D eigenvalue weighted by atomic mass is 10.0. The number of rotatable bonds is 0. The summed E-state index contributed by atoms with van der Waals surface area (Å²) in [7, 11) is 0. The van der Waals surface area contributed by atoms with Gasteiger partial charge < -0.3 is 4.98 Å². The highest BCUT2D eigenvalue weighted by molar-refractivity contribution is 7.26. The first-order valence-corrected chi connectivity index (χ1v) is 8.41. The van der Waals surface area contributed by atoms with Crippen molar-refractivity contribution >= 4 is 53.2 Å². The molecule has 0 atom stereocenters. The molecule has 23 heavy (non-hydrogen) atoms. The second-order valence-corrected chi connectivity index (χ2v) is 6.97. The molecule has 0 fully saturated rings. The number of hydrogen-bond donors (Lipinski definition) is 1. The Bertz CT molecular complexity index is 1290. The van der Waals surface area contributed by atoms with Gasteiger partial charge in [-0.3, -0.25) is 4.79 Å². The maximum absolute atomic E-state index is 12.6. The van der Waals surface area contributed by atoms with Crippen molar-refractivity contribution in [1.82, 2.24) is 4.98 Å². The highest BCUT2D eigenvalue weighted by Gasteiger charge is 2.15. The molecule has 110 valence electrons. The first-order chi connectivity index (χ1) is 11.2. The molecule has 0 bridgehead atoms. The number of benzene rings is 3. The maximum atomic E-state index is 12.6. The van der Waals surface area contributed by atoms with Crippen molar-refractivity contribution in [2.75, 3.05) is 0 Å². The zero-order chi connectivity index (χ0) is 15.6. The van der Waals surface area contributed by atoms with Crippen LogP contribution in [-0.2, 0) is 0 Å². The summed E-state index contributed by atoms with van der Waals surface area (Å²) in [6.07, 6.45) is 0. The Balaban J connectivity index is 2.21. The Morgan fingerprint density at radius 1 is 0.870 bits per heavy atom. The average Bonchev–Trinajstić information content (AvgIpc) is 2.97. The number of aromatic nitrogens is 1. The maximum Gasteiger partial charge on any atom is 0.266 e. The zero-order valence-electron chi connectivity index (χ0n) is 12.5. The minimum atomic E-state index is 0.00656. The van der Waals surface area contributed by atoms with E-state index in [0.717, 1.165) is 26.6 Å². The number of fused-ring (bicyclic) bond motifs is 7. The van der Waals surface area contributed by atoms with Crippen molar-refractivity contribution in [2.45, 2.75) is 6.92 Å². The molecule has 3 heteroatoms. The van der Waals surface area contributed by atoms with Gasteiger partial charge in [0, 0.05) is 20.9 Å². The minimum Gasteiger partial charge on any atom is -0.320 e. The first kappa shape index (κ1) is 12.9. The Morgan fingerprint density at radius 3 is 2.61 bits per heavy atom. The minimum absolute atomic E-state index is 0.00656. The number of H-pyrrole nitrogens is 1. The highest BCUT2D eigenvalue weighted by Crippen LogP contribution is 2.40. The van der Waals surface area contributed by atoms with Crippen LogP contribution in [0.3, 0.4) is 0 Å². The van der Waals surface area contributed by atoms with E-state index in [4.69, 9.17) is 0 Å². The monoisotopic (exact) mass is 315 g/mol. The van der Waals surface area contributed by atoms with E-state index in [1.165, 1.54) is 20.9 Å². The van der Waals surface area contributed by atoms with Gasteiger partial charge in [0.25, 0.3) is 5.56 Å². The van der Waals surface area contributed by atoms with Gasteiger partial charge in [-0.2, -0.15) is 0 Å². The Hall–Kier alpha value is -2.65. The molecule has 5 rings (SSSR count). The van der Waals surface area contributed by atoms with Gasteiger partial charge in [0.05, 0.1) is 5.52 Å². The Labute approximate surface area is 136 Å². The quantitative estimate of drug-likeness (QED) is 0.410. The summed E-state index contributed by atoms with van der Waals surface area (Å²) in [5.41, 5.74) is 2.05. The number of aromatic amines is 1. The van der Waals surface area contributed by atoms with Crippen LogP contribution in [0, 0.1) is 6.92 Å². The molecule has 0 unspecified atom stereocenters. The van der Waals surface area contributed by atoms with Gasteiger partial charge >= 0.3 is 0 Å². The predicted octanol–water partition coefficient (Wildman–Crippen LogP) is 5.36. The summed E-state index contributed by atoms with van der Waals surface area (Å²) in [6, 6.07) is 18.8. The Morgan fingerprint density at radius 2 is 1.70 bits per heavy atom. The topological polar surface area (TPSA) is 32.9 Å². The second kappa shape index (κ2) is 4.43. The highest BCUT2D eigenvalue weighted by atomic mass is 32.1. The molecule has 0 aliphatic carbocycles. The van der Waals surface area contributed by atoms with E-state index in [2.05, 4.69) is 53.5 Å². The van der Waals surface area contributed by atoms with Crippen LogP contribution in [0.1, 0.15) is 5.56 Å². The molecular formula is C20H13NOS. The van der Waals surface area contributed by atoms with Crippen LogP contribution in [0.25, 0.3) is 41.8 Å². The van der Waals surface area contributed by atoms with Crippen molar-refractivity contribution in [3.63, 3.8) is 0 Å². The van der Waals surface area contributed by atoms with E-state index in [1.807, 2.05) is 13.0 Å². The van der Waals surface area contributed by atoms with Crippen LogP contribution in [0.15, 0.2) is 59.4 Å². The van der Waals surface area contributed by atoms with Crippen molar-refractivity contribution < 1.29 is 0 Å². The summed E-state index contributed by atoms with van der Waals surface area (Å²) < 4.78 is 1.98. The number of nitrogens with one attached hydrogen (secondary N) is 1. The molecule has 1 N–H and O–H groups in total. The van der Waals surface area contributed by atoms with Gasteiger partial charge in [0.2, 0.25) is 0 Å². The third kappa shape index (κ3) is 1.65. The fourth-order valence-electron chi connectivity index (χ4n) is 3.50. The standard InChI is InChI=1S/C20H13NOS/c1-11-5-4-8-14-17-16-13-7-3-2-6-12(13)9-10-15(16)23-19(17)20(22)21-18(11)14/h2-10H,1H3,(H,21,22). The van der Waals surface area contributed by atoms with Crippen LogP contribution in [-0.4, -0.2) is 4.98 Å². The number of para-hydroxylation sites is 1.